The van der Waals surface area contributed by atoms with Gasteiger partial charge in [0.05, 0.1) is 18.9 Å². The molecule has 6 rings (SSSR count). The van der Waals surface area contributed by atoms with Crippen molar-refractivity contribution in [3.63, 3.8) is 0 Å². The quantitative estimate of drug-likeness (QED) is 0.616. The molecule has 0 radical (unpaired) electrons. The van der Waals surface area contributed by atoms with Crippen LogP contribution in [0.5, 0.6) is 5.75 Å². The second kappa shape index (κ2) is 4.56. The number of methoxy groups -OCH3 is 1. The van der Waals surface area contributed by atoms with Crippen LogP contribution in [0, 0.1) is 35.5 Å². The van der Waals surface area contributed by atoms with Crippen LogP contribution >= 0.6 is 0 Å². The van der Waals surface area contributed by atoms with Gasteiger partial charge in [-0.1, -0.05) is 12.2 Å². The second-order valence-corrected chi connectivity index (χ2v) is 7.20. The van der Waals surface area contributed by atoms with E-state index in [9.17, 15) is 14.4 Å². The highest BCUT2D eigenvalue weighted by Gasteiger charge is 2.67. The predicted molar refractivity (Wildman–Crippen MR) is 83.9 cm³/mol. The first-order chi connectivity index (χ1) is 11.6. The summed E-state index contributed by atoms with van der Waals surface area (Å²) in [6, 6.07) is 6.50. The number of benzene rings is 1. The lowest BCUT2D eigenvalue weighted by molar-refractivity contribution is -0.136. The Morgan fingerprint density at radius 2 is 1.54 bits per heavy atom. The molecule has 1 aromatic rings. The van der Waals surface area contributed by atoms with Gasteiger partial charge in [0, 0.05) is 5.56 Å². The van der Waals surface area contributed by atoms with E-state index in [1.54, 1.807) is 31.4 Å². The third kappa shape index (κ3) is 1.62. The zero-order valence-corrected chi connectivity index (χ0v) is 13.2. The molecule has 0 N–H and O–H groups in total. The number of nitrogens with zero attached hydrogens (tertiary/aromatic N) is 1. The van der Waals surface area contributed by atoms with E-state index < -0.39 is 5.91 Å². The fraction of sp³-hybridized carbons (Fsp3) is 0.421. The summed E-state index contributed by atoms with van der Waals surface area (Å²) in [4.78, 5) is 39.4. The fourth-order valence-electron chi connectivity index (χ4n) is 5.02. The highest BCUT2D eigenvalue weighted by Crippen LogP contribution is 2.65. The van der Waals surface area contributed by atoms with Crippen molar-refractivity contribution in [2.75, 3.05) is 7.11 Å². The van der Waals surface area contributed by atoms with Crippen molar-refractivity contribution < 1.29 is 19.1 Å². The molecule has 0 unspecified atom stereocenters. The standard InChI is InChI=1S/C19H17NO4/c1-24-10-4-2-9(3-5-10)17(21)20-18(22)15-11-6-7-12(14-8-13(11)14)16(15)19(20)23/h2-7,11-16H,8H2,1H3/t11-,12-,13-,14-,15+,16+/m0/s1. The van der Waals surface area contributed by atoms with E-state index in [1.165, 1.54) is 0 Å². The van der Waals surface area contributed by atoms with Gasteiger partial charge in [-0.25, -0.2) is 4.90 Å². The van der Waals surface area contributed by atoms with Crippen LogP contribution < -0.4 is 4.74 Å². The maximum atomic E-state index is 12.9. The minimum absolute atomic E-state index is 0.134. The lowest BCUT2D eigenvalue weighted by Gasteiger charge is -2.37. The van der Waals surface area contributed by atoms with E-state index in [0.29, 0.717) is 23.1 Å². The van der Waals surface area contributed by atoms with Crippen LogP contribution in [0.2, 0.25) is 0 Å². The average molecular weight is 323 g/mol. The SMILES string of the molecule is COc1ccc(C(=O)N2C(=O)[C@@H]3[C@H]4C=C[C@@H]([C@@H]5C[C@@H]45)[C@H]3C2=O)cc1. The van der Waals surface area contributed by atoms with Crippen molar-refractivity contribution in [1.29, 1.82) is 0 Å². The minimum atomic E-state index is -0.518. The van der Waals surface area contributed by atoms with E-state index in [1.807, 2.05) is 0 Å². The Bertz CT molecular complexity index is 760. The number of carbonyl (C=O) groups excluding carboxylic acids is 3. The number of imide groups is 3. The average Bonchev–Trinajstić information content (AvgIpc) is 3.39. The molecule has 2 bridgehead atoms. The molecule has 1 aromatic carbocycles. The number of ether oxygens (including phenoxy) is 1. The third-order valence-electron chi connectivity index (χ3n) is 6.20. The summed E-state index contributed by atoms with van der Waals surface area (Å²) in [6.45, 7) is 0. The minimum Gasteiger partial charge on any atom is -0.497 e. The van der Waals surface area contributed by atoms with Gasteiger partial charge >= 0.3 is 0 Å². The molecule has 3 amide bonds. The Kier molecular flexibility index (Phi) is 2.65. The van der Waals surface area contributed by atoms with Crippen LogP contribution in [0.1, 0.15) is 16.8 Å². The summed E-state index contributed by atoms with van der Waals surface area (Å²) in [5, 5.41) is 0. The molecule has 1 heterocycles. The summed E-state index contributed by atoms with van der Waals surface area (Å²) < 4.78 is 5.08. The van der Waals surface area contributed by atoms with Crippen LogP contribution in [0.15, 0.2) is 36.4 Å². The molecular formula is C19H17NO4. The molecule has 24 heavy (non-hydrogen) atoms. The van der Waals surface area contributed by atoms with Gasteiger partial charge in [-0.05, 0) is 54.4 Å². The molecule has 3 fully saturated rings. The van der Waals surface area contributed by atoms with Gasteiger partial charge in [0.15, 0.2) is 0 Å². The van der Waals surface area contributed by atoms with Crippen LogP contribution in [-0.4, -0.2) is 29.7 Å². The second-order valence-electron chi connectivity index (χ2n) is 7.20. The van der Waals surface area contributed by atoms with Crippen LogP contribution in [-0.2, 0) is 9.59 Å². The van der Waals surface area contributed by atoms with Gasteiger partial charge in [0.1, 0.15) is 5.75 Å². The first kappa shape index (κ1) is 14.0. The van der Waals surface area contributed by atoms with Gasteiger partial charge in [0.2, 0.25) is 11.8 Å². The van der Waals surface area contributed by atoms with Gasteiger partial charge in [-0.15, -0.1) is 0 Å². The molecule has 2 saturated carbocycles. The summed E-state index contributed by atoms with van der Waals surface area (Å²) >= 11 is 0. The van der Waals surface area contributed by atoms with Gasteiger partial charge in [0.25, 0.3) is 5.91 Å². The monoisotopic (exact) mass is 323 g/mol. The number of carbonyl (C=O) groups is 3. The zero-order chi connectivity index (χ0) is 16.6. The number of likely N-dealkylation sites (tertiary alicyclic amines) is 1. The third-order valence-corrected chi connectivity index (χ3v) is 6.20. The number of hydrogen-bond donors (Lipinski definition) is 0. The van der Waals surface area contributed by atoms with Crippen molar-refractivity contribution in [1.82, 2.24) is 4.90 Å². The summed E-state index contributed by atoms with van der Waals surface area (Å²) in [5.41, 5.74) is 0.335. The Morgan fingerprint density at radius 1 is 1.00 bits per heavy atom. The Balaban J connectivity index is 1.48. The summed E-state index contributed by atoms with van der Waals surface area (Å²) in [6.07, 6.45) is 5.32. The zero-order valence-electron chi connectivity index (χ0n) is 13.2. The number of allylic oxidation sites excluding steroid dienone is 2. The van der Waals surface area contributed by atoms with Crippen molar-refractivity contribution >= 4 is 17.7 Å². The van der Waals surface area contributed by atoms with Crippen molar-refractivity contribution in [2.24, 2.45) is 35.5 Å². The van der Waals surface area contributed by atoms with E-state index in [-0.39, 0.29) is 35.5 Å². The Morgan fingerprint density at radius 3 is 2.04 bits per heavy atom. The topological polar surface area (TPSA) is 63.7 Å². The smallest absolute Gasteiger partial charge is 0.267 e. The van der Waals surface area contributed by atoms with E-state index >= 15 is 0 Å². The van der Waals surface area contributed by atoms with E-state index in [0.717, 1.165) is 11.3 Å². The van der Waals surface area contributed by atoms with E-state index in [2.05, 4.69) is 12.2 Å². The van der Waals surface area contributed by atoms with Crippen LogP contribution in [0.3, 0.4) is 0 Å². The molecule has 1 saturated heterocycles. The van der Waals surface area contributed by atoms with Crippen molar-refractivity contribution in [3.05, 3.63) is 42.0 Å². The molecule has 5 nitrogen and oxygen atoms in total. The first-order valence-corrected chi connectivity index (χ1v) is 8.36. The normalized spacial score (nSPS) is 38.1. The maximum Gasteiger partial charge on any atom is 0.267 e. The summed E-state index contributed by atoms with van der Waals surface area (Å²) in [5.74, 6) is 0.160. The van der Waals surface area contributed by atoms with Crippen molar-refractivity contribution in [2.45, 2.75) is 6.42 Å². The lowest BCUT2D eigenvalue weighted by atomic mass is 9.63. The molecule has 5 aliphatic rings. The largest absolute Gasteiger partial charge is 0.497 e. The Labute approximate surface area is 139 Å². The van der Waals surface area contributed by atoms with E-state index in [4.69, 9.17) is 4.74 Å². The number of rotatable bonds is 2. The maximum absolute atomic E-state index is 12.9. The highest BCUT2D eigenvalue weighted by molar-refractivity contribution is 6.21. The van der Waals surface area contributed by atoms with Gasteiger partial charge in [-0.3, -0.25) is 14.4 Å². The molecule has 4 aliphatic carbocycles. The van der Waals surface area contributed by atoms with Crippen LogP contribution in [0.25, 0.3) is 0 Å². The van der Waals surface area contributed by atoms with Gasteiger partial charge in [-0.2, -0.15) is 0 Å². The number of hydrogen-bond acceptors (Lipinski definition) is 4. The predicted octanol–water partition coefficient (Wildman–Crippen LogP) is 1.89. The molecule has 0 aromatic heterocycles. The molecule has 5 heteroatoms. The fourth-order valence-corrected chi connectivity index (χ4v) is 5.02. The number of amides is 3. The molecular weight excluding hydrogens is 306 g/mol. The van der Waals surface area contributed by atoms with Gasteiger partial charge < -0.3 is 4.74 Å². The molecule has 1 aliphatic heterocycles. The molecule has 122 valence electrons. The summed E-state index contributed by atoms with van der Waals surface area (Å²) in [7, 11) is 1.54. The Hall–Kier alpha value is -2.43. The van der Waals surface area contributed by atoms with Crippen molar-refractivity contribution in [3.8, 4) is 5.75 Å². The molecule has 0 spiro atoms. The lowest BCUT2D eigenvalue weighted by Crippen LogP contribution is -2.40. The molecule has 6 atom stereocenters. The van der Waals surface area contributed by atoms with Crippen LogP contribution in [0.4, 0.5) is 0 Å². The highest BCUT2D eigenvalue weighted by atomic mass is 16.5. The first-order valence-electron chi connectivity index (χ1n) is 8.36.